The predicted octanol–water partition coefficient (Wildman–Crippen LogP) is 2.85. The first-order valence-corrected chi connectivity index (χ1v) is 6.43. The van der Waals surface area contributed by atoms with Gasteiger partial charge in [-0.05, 0) is 36.8 Å². The molecular formula is C16H17N3. The highest BCUT2D eigenvalue weighted by Gasteiger charge is 2.04. The number of hydrogen-bond acceptors (Lipinski definition) is 3. The lowest BCUT2D eigenvalue weighted by Crippen LogP contribution is -2.21. The molecule has 1 aromatic carbocycles. The molecule has 0 aliphatic heterocycles. The van der Waals surface area contributed by atoms with Gasteiger partial charge in [-0.2, -0.15) is 5.26 Å². The van der Waals surface area contributed by atoms with E-state index >= 15 is 0 Å². The summed E-state index contributed by atoms with van der Waals surface area (Å²) >= 11 is 0. The summed E-state index contributed by atoms with van der Waals surface area (Å²) in [5.41, 5.74) is 2.99. The molecule has 0 radical (unpaired) electrons. The third-order valence-electron chi connectivity index (χ3n) is 3.10. The van der Waals surface area contributed by atoms with Crippen LogP contribution in [0.3, 0.4) is 0 Å². The first kappa shape index (κ1) is 13.3. The Morgan fingerprint density at radius 1 is 1.21 bits per heavy atom. The lowest BCUT2D eigenvalue weighted by atomic mass is 10.1. The Labute approximate surface area is 113 Å². The van der Waals surface area contributed by atoms with E-state index in [0.29, 0.717) is 5.56 Å². The smallest absolute Gasteiger partial charge is 0.0991 e. The van der Waals surface area contributed by atoms with Crippen molar-refractivity contribution in [2.45, 2.75) is 19.4 Å². The maximum Gasteiger partial charge on any atom is 0.0991 e. The van der Waals surface area contributed by atoms with Gasteiger partial charge in [-0.25, -0.2) is 0 Å². The van der Waals surface area contributed by atoms with Crippen molar-refractivity contribution in [3.05, 3.63) is 65.5 Å². The molecule has 19 heavy (non-hydrogen) atoms. The van der Waals surface area contributed by atoms with E-state index in [2.05, 4.69) is 23.3 Å². The number of aromatic nitrogens is 1. The molecule has 0 saturated heterocycles. The molecule has 1 heterocycles. The largest absolute Gasteiger partial charge is 0.310 e. The van der Waals surface area contributed by atoms with Crippen LogP contribution in [0.25, 0.3) is 0 Å². The summed E-state index contributed by atoms with van der Waals surface area (Å²) in [6, 6.07) is 16.1. The van der Waals surface area contributed by atoms with Crippen molar-refractivity contribution in [3.63, 3.8) is 0 Å². The van der Waals surface area contributed by atoms with Crippen LogP contribution in [0.1, 0.15) is 29.8 Å². The zero-order chi connectivity index (χ0) is 13.5. The van der Waals surface area contributed by atoms with E-state index in [1.165, 1.54) is 5.56 Å². The Morgan fingerprint density at radius 2 is 2.00 bits per heavy atom. The number of benzene rings is 1. The molecule has 1 aromatic heterocycles. The molecule has 0 fully saturated rings. The van der Waals surface area contributed by atoms with Gasteiger partial charge >= 0.3 is 0 Å². The van der Waals surface area contributed by atoms with Crippen molar-refractivity contribution in [1.29, 1.82) is 5.26 Å². The van der Waals surface area contributed by atoms with E-state index in [1.807, 2.05) is 48.7 Å². The first-order valence-electron chi connectivity index (χ1n) is 6.43. The van der Waals surface area contributed by atoms with E-state index in [9.17, 15) is 0 Å². The van der Waals surface area contributed by atoms with Gasteiger partial charge < -0.3 is 5.32 Å². The van der Waals surface area contributed by atoms with E-state index in [4.69, 9.17) is 5.26 Å². The molecule has 3 nitrogen and oxygen atoms in total. The Balaban J connectivity index is 1.84. The fraction of sp³-hybridized carbons (Fsp3) is 0.250. The standard InChI is InChI=1S/C16H17N3/c1-13(15-7-5-14(12-17)6-8-15)18-11-9-16-4-2-3-10-19-16/h2-8,10,13,18H,9,11H2,1H3. The maximum atomic E-state index is 8.76. The van der Waals surface area contributed by atoms with Crippen molar-refractivity contribution in [2.24, 2.45) is 0 Å². The van der Waals surface area contributed by atoms with Gasteiger partial charge in [0.25, 0.3) is 0 Å². The molecule has 1 unspecified atom stereocenters. The van der Waals surface area contributed by atoms with Crippen molar-refractivity contribution >= 4 is 0 Å². The molecule has 0 aliphatic carbocycles. The molecule has 1 N–H and O–H groups in total. The second-order valence-corrected chi connectivity index (χ2v) is 4.48. The van der Waals surface area contributed by atoms with E-state index < -0.39 is 0 Å². The van der Waals surface area contributed by atoms with Crippen LogP contribution in [0.4, 0.5) is 0 Å². The van der Waals surface area contributed by atoms with Crippen LogP contribution in [-0.4, -0.2) is 11.5 Å². The van der Waals surface area contributed by atoms with Gasteiger partial charge in [-0.15, -0.1) is 0 Å². The number of nitrogens with zero attached hydrogens (tertiary/aromatic N) is 2. The molecular weight excluding hydrogens is 234 g/mol. The molecule has 0 saturated carbocycles. The number of nitriles is 1. The normalized spacial score (nSPS) is 11.8. The fourth-order valence-corrected chi connectivity index (χ4v) is 1.93. The summed E-state index contributed by atoms with van der Waals surface area (Å²) in [7, 11) is 0. The van der Waals surface area contributed by atoms with Gasteiger partial charge in [0.05, 0.1) is 11.6 Å². The van der Waals surface area contributed by atoms with Gasteiger partial charge in [0.2, 0.25) is 0 Å². The highest BCUT2D eigenvalue weighted by atomic mass is 14.9. The van der Waals surface area contributed by atoms with Crippen LogP contribution >= 0.6 is 0 Å². The first-order chi connectivity index (χ1) is 9.29. The summed E-state index contributed by atoms with van der Waals surface area (Å²) in [6.45, 7) is 3.01. The topological polar surface area (TPSA) is 48.7 Å². The average molecular weight is 251 g/mol. The second-order valence-electron chi connectivity index (χ2n) is 4.48. The molecule has 0 aliphatic rings. The molecule has 3 heteroatoms. The Kier molecular flexibility index (Phi) is 4.66. The summed E-state index contributed by atoms with van der Waals surface area (Å²) < 4.78 is 0. The van der Waals surface area contributed by atoms with Gasteiger partial charge in [0.1, 0.15) is 0 Å². The fourth-order valence-electron chi connectivity index (χ4n) is 1.93. The Hall–Kier alpha value is -2.18. The van der Waals surface area contributed by atoms with E-state index in [1.54, 1.807) is 0 Å². The van der Waals surface area contributed by atoms with Crippen molar-refractivity contribution in [1.82, 2.24) is 10.3 Å². The summed E-state index contributed by atoms with van der Waals surface area (Å²) in [4.78, 5) is 4.29. The SMILES string of the molecule is CC(NCCc1ccccn1)c1ccc(C#N)cc1. The quantitative estimate of drug-likeness (QED) is 0.889. The van der Waals surface area contributed by atoms with E-state index in [-0.39, 0.29) is 6.04 Å². The highest BCUT2D eigenvalue weighted by molar-refractivity contribution is 5.32. The summed E-state index contributed by atoms with van der Waals surface area (Å²) in [5.74, 6) is 0. The van der Waals surface area contributed by atoms with Gasteiger partial charge in [0, 0.05) is 30.9 Å². The zero-order valence-corrected chi connectivity index (χ0v) is 11.0. The van der Waals surface area contributed by atoms with Crippen molar-refractivity contribution < 1.29 is 0 Å². The Morgan fingerprint density at radius 3 is 2.63 bits per heavy atom. The lowest BCUT2D eigenvalue weighted by Gasteiger charge is -2.14. The number of hydrogen-bond donors (Lipinski definition) is 1. The van der Waals surface area contributed by atoms with Gasteiger partial charge in [-0.1, -0.05) is 18.2 Å². The van der Waals surface area contributed by atoms with E-state index in [0.717, 1.165) is 18.7 Å². The summed E-state index contributed by atoms with van der Waals surface area (Å²) in [6.07, 6.45) is 2.74. The van der Waals surface area contributed by atoms with Crippen LogP contribution in [-0.2, 0) is 6.42 Å². The predicted molar refractivity (Wildman–Crippen MR) is 75.5 cm³/mol. The van der Waals surface area contributed by atoms with Crippen molar-refractivity contribution in [2.75, 3.05) is 6.54 Å². The average Bonchev–Trinajstić information content (AvgIpc) is 2.48. The Bertz CT molecular complexity index is 540. The van der Waals surface area contributed by atoms with Gasteiger partial charge in [0.15, 0.2) is 0 Å². The minimum Gasteiger partial charge on any atom is -0.310 e. The molecule has 0 amide bonds. The minimum absolute atomic E-state index is 0.274. The van der Waals surface area contributed by atoms with Crippen LogP contribution in [0.2, 0.25) is 0 Å². The van der Waals surface area contributed by atoms with Crippen LogP contribution in [0.5, 0.6) is 0 Å². The van der Waals surface area contributed by atoms with Crippen LogP contribution in [0, 0.1) is 11.3 Å². The molecule has 1 atom stereocenters. The molecule has 2 aromatic rings. The molecule has 96 valence electrons. The third kappa shape index (κ3) is 3.90. The number of nitrogens with one attached hydrogen (secondary N) is 1. The van der Waals surface area contributed by atoms with Gasteiger partial charge in [-0.3, -0.25) is 4.98 Å². The number of pyridine rings is 1. The third-order valence-corrected chi connectivity index (χ3v) is 3.10. The van der Waals surface area contributed by atoms with Crippen LogP contribution in [0.15, 0.2) is 48.7 Å². The molecule has 0 bridgehead atoms. The molecule has 0 spiro atoms. The maximum absolute atomic E-state index is 8.76. The van der Waals surface area contributed by atoms with Crippen LogP contribution < -0.4 is 5.32 Å². The van der Waals surface area contributed by atoms with Crippen molar-refractivity contribution in [3.8, 4) is 6.07 Å². The zero-order valence-electron chi connectivity index (χ0n) is 11.0. The summed E-state index contributed by atoms with van der Waals surface area (Å²) in [5, 5.41) is 12.2. The monoisotopic (exact) mass is 251 g/mol. The molecule has 2 rings (SSSR count). The number of rotatable bonds is 5. The lowest BCUT2D eigenvalue weighted by molar-refractivity contribution is 0.574. The second kappa shape index (κ2) is 6.67. The minimum atomic E-state index is 0.274. The highest BCUT2D eigenvalue weighted by Crippen LogP contribution is 2.12.